The van der Waals surface area contributed by atoms with Crippen molar-refractivity contribution < 1.29 is 0 Å². The molecule has 3 N–H and O–H groups in total. The molecule has 9 heteroatoms. The summed E-state index contributed by atoms with van der Waals surface area (Å²) in [5, 5.41) is 18.9. The van der Waals surface area contributed by atoms with Gasteiger partial charge in [-0.3, -0.25) is 4.79 Å². The lowest BCUT2D eigenvalue weighted by atomic mass is 9.68. The number of nitrogens with two attached hydrogens (primary N) is 1. The summed E-state index contributed by atoms with van der Waals surface area (Å²) in [7, 11) is 0. The minimum absolute atomic E-state index is 0.0205. The molecule has 0 spiro atoms. The Hall–Kier alpha value is -2.58. The molecule has 140 valence electrons. The van der Waals surface area contributed by atoms with Crippen LogP contribution < -0.4 is 11.3 Å². The Labute approximate surface area is 160 Å². The molecule has 1 fully saturated rings. The first-order valence-corrected chi connectivity index (χ1v) is 9.29. The highest BCUT2D eigenvalue weighted by Crippen LogP contribution is 2.42. The largest absolute Gasteiger partial charge is 0.330 e. The number of nitrogens with zero attached hydrogens (tertiary/aromatic N) is 5. The highest BCUT2D eigenvalue weighted by atomic mass is 35.5. The molecule has 0 radical (unpaired) electrons. The minimum Gasteiger partial charge on any atom is -0.330 e. The standard InChI is InChI=1S/C18H20ClN7O/c19-13-3-1-2-12(10-13)18(11-20)8-6-14(7-9-18)26-16(27)5-4-15(23-26)17-21-24-25-22-17/h1-5,10,14H,6-9,11,20H2,(H,21,22,24,25)/t14-,18-. The molecule has 4 rings (SSSR count). The molecule has 27 heavy (non-hydrogen) atoms. The molecule has 3 aromatic rings. The van der Waals surface area contributed by atoms with Crippen molar-refractivity contribution >= 4 is 11.6 Å². The third-order valence-electron chi connectivity index (χ3n) is 5.50. The number of tetrazole rings is 1. The molecule has 1 aliphatic carbocycles. The topological polar surface area (TPSA) is 115 Å². The van der Waals surface area contributed by atoms with Crippen molar-refractivity contribution in [2.24, 2.45) is 5.73 Å². The van der Waals surface area contributed by atoms with Crippen LogP contribution in [-0.2, 0) is 5.41 Å². The summed E-state index contributed by atoms with van der Waals surface area (Å²) in [6.07, 6.45) is 3.37. The SMILES string of the molecule is NC[C@]1(c2cccc(Cl)c2)CC[C@H](n2nc(-c3nnn[nH]3)ccc2=O)CC1. The lowest BCUT2D eigenvalue weighted by Crippen LogP contribution is -2.41. The average molecular weight is 386 g/mol. The third-order valence-corrected chi connectivity index (χ3v) is 5.73. The fourth-order valence-electron chi connectivity index (χ4n) is 3.91. The Bertz CT molecular complexity index is 977. The van der Waals surface area contributed by atoms with Gasteiger partial charge in [-0.15, -0.1) is 5.10 Å². The highest BCUT2D eigenvalue weighted by molar-refractivity contribution is 6.30. The Kier molecular flexibility index (Phi) is 4.75. The van der Waals surface area contributed by atoms with Crippen molar-refractivity contribution in [2.75, 3.05) is 6.54 Å². The van der Waals surface area contributed by atoms with Crippen LogP contribution in [0.1, 0.15) is 37.3 Å². The van der Waals surface area contributed by atoms with Crippen LogP contribution in [0.3, 0.4) is 0 Å². The van der Waals surface area contributed by atoms with E-state index in [1.807, 2.05) is 18.2 Å². The van der Waals surface area contributed by atoms with Crippen molar-refractivity contribution in [3.05, 3.63) is 57.3 Å². The number of hydrogen-bond acceptors (Lipinski definition) is 6. The fourth-order valence-corrected chi connectivity index (χ4v) is 4.10. The maximum Gasteiger partial charge on any atom is 0.267 e. The zero-order valence-electron chi connectivity index (χ0n) is 14.7. The number of benzene rings is 1. The van der Waals surface area contributed by atoms with E-state index in [4.69, 9.17) is 17.3 Å². The van der Waals surface area contributed by atoms with Gasteiger partial charge in [0.15, 0.2) is 5.82 Å². The Morgan fingerprint density at radius 1 is 1.26 bits per heavy atom. The first-order chi connectivity index (χ1) is 13.1. The van der Waals surface area contributed by atoms with Gasteiger partial charge in [0.25, 0.3) is 5.56 Å². The number of hydrogen-bond donors (Lipinski definition) is 2. The lowest BCUT2D eigenvalue weighted by Gasteiger charge is -2.40. The van der Waals surface area contributed by atoms with E-state index in [-0.39, 0.29) is 17.0 Å². The van der Waals surface area contributed by atoms with Gasteiger partial charge in [-0.05, 0) is 59.9 Å². The highest BCUT2D eigenvalue weighted by Gasteiger charge is 2.37. The molecule has 1 aromatic carbocycles. The summed E-state index contributed by atoms with van der Waals surface area (Å²) < 4.78 is 1.55. The molecule has 0 saturated heterocycles. The van der Waals surface area contributed by atoms with Gasteiger partial charge in [0.05, 0.1) is 6.04 Å². The number of nitrogens with one attached hydrogen (secondary N) is 1. The maximum absolute atomic E-state index is 12.4. The van der Waals surface area contributed by atoms with Gasteiger partial charge in [0.2, 0.25) is 0 Å². The smallest absolute Gasteiger partial charge is 0.267 e. The van der Waals surface area contributed by atoms with Crippen LogP contribution in [0.2, 0.25) is 5.02 Å². The van der Waals surface area contributed by atoms with Crippen molar-refractivity contribution in [3.63, 3.8) is 0 Å². The maximum atomic E-state index is 12.4. The lowest BCUT2D eigenvalue weighted by molar-refractivity contribution is 0.222. The van der Waals surface area contributed by atoms with Crippen LogP contribution in [0, 0.1) is 0 Å². The second-order valence-electron chi connectivity index (χ2n) is 6.98. The first-order valence-electron chi connectivity index (χ1n) is 8.91. The van der Waals surface area contributed by atoms with Crippen LogP contribution >= 0.6 is 11.6 Å². The number of aromatic nitrogens is 6. The molecule has 1 saturated carbocycles. The quantitative estimate of drug-likeness (QED) is 0.710. The van der Waals surface area contributed by atoms with Crippen LogP contribution in [-0.4, -0.2) is 36.9 Å². The van der Waals surface area contributed by atoms with Gasteiger partial charge < -0.3 is 5.73 Å². The van der Waals surface area contributed by atoms with E-state index in [1.165, 1.54) is 6.07 Å². The van der Waals surface area contributed by atoms with Crippen molar-refractivity contribution in [2.45, 2.75) is 37.1 Å². The van der Waals surface area contributed by atoms with Gasteiger partial charge in [0.1, 0.15) is 5.69 Å². The van der Waals surface area contributed by atoms with Crippen molar-refractivity contribution in [3.8, 4) is 11.5 Å². The van der Waals surface area contributed by atoms with Gasteiger partial charge in [0, 0.05) is 23.0 Å². The van der Waals surface area contributed by atoms with Crippen molar-refractivity contribution in [1.29, 1.82) is 0 Å². The Morgan fingerprint density at radius 3 is 2.74 bits per heavy atom. The predicted octanol–water partition coefficient (Wildman–Crippen LogP) is 2.09. The van der Waals surface area contributed by atoms with E-state index >= 15 is 0 Å². The van der Waals surface area contributed by atoms with Gasteiger partial charge in [-0.2, -0.15) is 5.10 Å². The van der Waals surface area contributed by atoms with E-state index in [0.717, 1.165) is 31.2 Å². The van der Waals surface area contributed by atoms with Gasteiger partial charge in [-0.1, -0.05) is 23.7 Å². The summed E-state index contributed by atoms with van der Waals surface area (Å²) in [6, 6.07) is 11.1. The summed E-state index contributed by atoms with van der Waals surface area (Å²) in [5.74, 6) is 0.440. The molecule has 1 aliphatic rings. The average Bonchev–Trinajstić information content (AvgIpc) is 3.23. The monoisotopic (exact) mass is 385 g/mol. The number of H-pyrrole nitrogens is 1. The van der Waals surface area contributed by atoms with E-state index in [2.05, 4.69) is 31.8 Å². The second kappa shape index (κ2) is 7.21. The molecule has 2 heterocycles. The Balaban J connectivity index is 1.59. The van der Waals surface area contributed by atoms with Gasteiger partial charge >= 0.3 is 0 Å². The van der Waals surface area contributed by atoms with Crippen LogP contribution in [0.15, 0.2) is 41.2 Å². The molecule has 0 aliphatic heterocycles. The first kappa shape index (κ1) is 17.8. The summed E-state index contributed by atoms with van der Waals surface area (Å²) in [4.78, 5) is 12.4. The van der Waals surface area contributed by atoms with E-state index in [0.29, 0.717) is 23.1 Å². The van der Waals surface area contributed by atoms with E-state index in [1.54, 1.807) is 10.7 Å². The summed E-state index contributed by atoms with van der Waals surface area (Å²) in [5.41, 5.74) is 7.64. The molecule has 0 amide bonds. The van der Waals surface area contributed by atoms with Crippen LogP contribution in [0.5, 0.6) is 0 Å². The zero-order chi connectivity index (χ0) is 18.9. The van der Waals surface area contributed by atoms with Crippen LogP contribution in [0.25, 0.3) is 11.5 Å². The molecule has 0 atom stereocenters. The van der Waals surface area contributed by atoms with Crippen molar-refractivity contribution in [1.82, 2.24) is 30.4 Å². The molecule has 0 bridgehead atoms. The molecule has 8 nitrogen and oxygen atoms in total. The normalized spacial score (nSPS) is 22.7. The zero-order valence-corrected chi connectivity index (χ0v) is 15.4. The Morgan fingerprint density at radius 2 is 2.07 bits per heavy atom. The molecule has 0 unspecified atom stereocenters. The second-order valence-corrected chi connectivity index (χ2v) is 7.41. The molecular formula is C18H20ClN7O. The number of halogens is 1. The molecule has 2 aromatic heterocycles. The third kappa shape index (κ3) is 3.38. The fraction of sp³-hybridized carbons (Fsp3) is 0.389. The van der Waals surface area contributed by atoms with Crippen LogP contribution in [0.4, 0.5) is 0 Å². The summed E-state index contributed by atoms with van der Waals surface area (Å²) >= 11 is 6.18. The summed E-state index contributed by atoms with van der Waals surface area (Å²) in [6.45, 7) is 0.548. The van der Waals surface area contributed by atoms with Gasteiger partial charge in [-0.25, -0.2) is 9.78 Å². The van der Waals surface area contributed by atoms with E-state index in [9.17, 15) is 4.79 Å². The minimum atomic E-state index is -0.126. The number of rotatable bonds is 4. The predicted molar refractivity (Wildman–Crippen MR) is 101 cm³/mol. The van der Waals surface area contributed by atoms with E-state index < -0.39 is 0 Å². The number of aromatic amines is 1. The molecular weight excluding hydrogens is 366 g/mol.